The summed E-state index contributed by atoms with van der Waals surface area (Å²) in [4.78, 5) is 33.1. The molecule has 0 aliphatic carbocycles. The topological polar surface area (TPSA) is 65.5 Å². The molecule has 1 N–H and O–H groups in total. The van der Waals surface area contributed by atoms with Crippen molar-refractivity contribution in [1.29, 1.82) is 0 Å². The number of carbonyl (C=O) groups excluding carboxylic acids is 2. The van der Waals surface area contributed by atoms with Crippen LogP contribution in [0.3, 0.4) is 0 Å². The smallest absolute Gasteiger partial charge is 0.243 e. The fraction of sp³-hybridized carbons (Fsp3) is 0.571. The van der Waals surface area contributed by atoms with Crippen molar-refractivity contribution in [3.8, 4) is 0 Å². The Bertz CT molecular complexity index is 710. The van der Waals surface area contributed by atoms with Gasteiger partial charge in [-0.1, -0.05) is 12.2 Å². The van der Waals surface area contributed by atoms with Crippen LogP contribution in [0.4, 0.5) is 0 Å². The minimum Gasteiger partial charge on any atom is -0.342 e. The van der Waals surface area contributed by atoms with E-state index in [1.54, 1.807) is 12.4 Å². The lowest BCUT2D eigenvalue weighted by atomic mass is 9.72. The zero-order valence-corrected chi connectivity index (χ0v) is 15.8. The third kappa shape index (κ3) is 4.05. The minimum absolute atomic E-state index is 0.149. The van der Waals surface area contributed by atoms with Crippen molar-refractivity contribution in [3.05, 3.63) is 42.2 Å². The zero-order chi connectivity index (χ0) is 18.7. The Labute approximate surface area is 160 Å². The lowest BCUT2D eigenvalue weighted by Gasteiger charge is -2.47. The van der Waals surface area contributed by atoms with Gasteiger partial charge in [0.15, 0.2) is 0 Å². The highest BCUT2D eigenvalue weighted by molar-refractivity contribution is 5.84. The number of amides is 2. The Morgan fingerprint density at radius 3 is 2.70 bits per heavy atom. The lowest BCUT2D eigenvalue weighted by molar-refractivity contribution is -0.142. The van der Waals surface area contributed by atoms with Crippen LogP contribution in [0.2, 0.25) is 0 Å². The Balaban J connectivity index is 1.33. The van der Waals surface area contributed by atoms with Gasteiger partial charge in [-0.05, 0) is 48.8 Å². The molecular formula is C21H28N4O2. The molecular weight excluding hydrogens is 340 g/mol. The molecule has 1 aromatic rings. The molecule has 2 fully saturated rings. The second-order valence-corrected chi connectivity index (χ2v) is 8.06. The van der Waals surface area contributed by atoms with Gasteiger partial charge in [0.25, 0.3) is 0 Å². The first-order valence-electron chi connectivity index (χ1n) is 10.0. The molecule has 4 rings (SSSR count). The number of pyridine rings is 1. The fourth-order valence-corrected chi connectivity index (χ4v) is 4.56. The number of likely N-dealkylation sites (tertiary alicyclic amines) is 2. The van der Waals surface area contributed by atoms with E-state index in [9.17, 15) is 9.59 Å². The van der Waals surface area contributed by atoms with Gasteiger partial charge in [0.1, 0.15) is 6.04 Å². The number of carbonyl (C=O) groups is 2. The first-order chi connectivity index (χ1) is 13.2. The minimum atomic E-state index is -0.149. The summed E-state index contributed by atoms with van der Waals surface area (Å²) >= 11 is 0. The number of aromatic nitrogens is 1. The van der Waals surface area contributed by atoms with E-state index in [2.05, 4.69) is 10.3 Å². The molecule has 1 aromatic heterocycles. The molecule has 144 valence electrons. The Hall–Kier alpha value is -2.21. The highest BCUT2D eigenvalue weighted by Gasteiger charge is 2.42. The summed E-state index contributed by atoms with van der Waals surface area (Å²) in [5.74, 6) is 0.466. The molecule has 0 saturated carbocycles. The van der Waals surface area contributed by atoms with Crippen molar-refractivity contribution in [3.63, 3.8) is 0 Å². The van der Waals surface area contributed by atoms with E-state index in [0.29, 0.717) is 6.42 Å². The van der Waals surface area contributed by atoms with Crippen LogP contribution >= 0.6 is 0 Å². The molecule has 0 unspecified atom stereocenters. The van der Waals surface area contributed by atoms with Crippen LogP contribution in [0.15, 0.2) is 36.7 Å². The Morgan fingerprint density at radius 1 is 1.22 bits per heavy atom. The number of hydrogen-bond acceptors (Lipinski definition) is 4. The molecule has 27 heavy (non-hydrogen) atoms. The Morgan fingerprint density at radius 2 is 2.00 bits per heavy atom. The predicted octanol–water partition coefficient (Wildman–Crippen LogP) is 1.38. The molecule has 0 radical (unpaired) electrons. The van der Waals surface area contributed by atoms with Gasteiger partial charge in [-0.25, -0.2) is 0 Å². The van der Waals surface area contributed by atoms with Gasteiger partial charge < -0.3 is 9.80 Å². The first kappa shape index (κ1) is 18.2. The fourth-order valence-electron chi connectivity index (χ4n) is 4.56. The molecule has 4 heterocycles. The van der Waals surface area contributed by atoms with Gasteiger partial charge in [0.05, 0.1) is 0 Å². The summed E-state index contributed by atoms with van der Waals surface area (Å²) in [6.07, 6.45) is 12.0. The van der Waals surface area contributed by atoms with E-state index < -0.39 is 0 Å². The molecule has 1 spiro atoms. The quantitative estimate of drug-likeness (QED) is 0.816. The third-order valence-corrected chi connectivity index (χ3v) is 6.35. The second-order valence-electron chi connectivity index (χ2n) is 8.06. The van der Waals surface area contributed by atoms with Crippen molar-refractivity contribution in [1.82, 2.24) is 20.1 Å². The summed E-state index contributed by atoms with van der Waals surface area (Å²) in [6, 6.07) is 3.88. The largest absolute Gasteiger partial charge is 0.342 e. The van der Waals surface area contributed by atoms with Gasteiger partial charge in [-0.15, -0.1) is 0 Å². The van der Waals surface area contributed by atoms with Crippen LogP contribution < -0.4 is 5.32 Å². The lowest BCUT2D eigenvalue weighted by Crippen LogP contribution is -2.54. The number of nitrogens with one attached hydrogen (secondary N) is 1. The Kier molecular flexibility index (Phi) is 5.25. The molecule has 3 aliphatic heterocycles. The van der Waals surface area contributed by atoms with Gasteiger partial charge in [-0.2, -0.15) is 0 Å². The van der Waals surface area contributed by atoms with Crippen molar-refractivity contribution in [2.75, 3.05) is 32.7 Å². The average Bonchev–Trinajstić information content (AvgIpc) is 3.25. The van der Waals surface area contributed by atoms with Crippen LogP contribution in [0.25, 0.3) is 0 Å². The molecule has 6 heteroatoms. The summed E-state index contributed by atoms with van der Waals surface area (Å²) in [7, 11) is 0. The molecule has 6 nitrogen and oxygen atoms in total. The highest BCUT2D eigenvalue weighted by Crippen LogP contribution is 2.40. The summed E-state index contributed by atoms with van der Waals surface area (Å²) < 4.78 is 0. The number of piperidine rings is 2. The average molecular weight is 368 g/mol. The SMILES string of the molecule is O=C1CCC2(CCN(C(=O)[C@H]3C=CCN3)CC2)CN1CCc1ccncc1. The van der Waals surface area contributed by atoms with Crippen molar-refractivity contribution in [2.45, 2.75) is 38.1 Å². The molecule has 2 saturated heterocycles. The standard InChI is InChI=1S/C21H28N4O2/c26-19-3-7-21(16-25(19)13-6-17-4-11-22-12-5-17)8-14-24(15-9-21)20(27)18-2-1-10-23-18/h1-2,4-5,11-12,18,23H,3,6-10,13-16H2/t18-/m1/s1. The maximum Gasteiger partial charge on any atom is 0.243 e. The van der Waals surface area contributed by atoms with E-state index in [4.69, 9.17) is 0 Å². The predicted molar refractivity (Wildman–Crippen MR) is 103 cm³/mol. The van der Waals surface area contributed by atoms with Crippen LogP contribution in [0, 0.1) is 5.41 Å². The van der Waals surface area contributed by atoms with Crippen molar-refractivity contribution in [2.24, 2.45) is 5.41 Å². The highest BCUT2D eigenvalue weighted by atomic mass is 16.2. The number of nitrogens with zero attached hydrogens (tertiary/aromatic N) is 3. The maximum atomic E-state index is 12.6. The molecule has 1 atom stereocenters. The second kappa shape index (κ2) is 7.80. The maximum absolute atomic E-state index is 12.6. The van der Waals surface area contributed by atoms with E-state index in [-0.39, 0.29) is 23.3 Å². The molecule has 3 aliphatic rings. The first-order valence-corrected chi connectivity index (χ1v) is 10.0. The summed E-state index contributed by atoms with van der Waals surface area (Å²) in [5, 5.41) is 3.21. The van der Waals surface area contributed by atoms with E-state index >= 15 is 0 Å². The monoisotopic (exact) mass is 368 g/mol. The van der Waals surface area contributed by atoms with Crippen LogP contribution in [0.1, 0.15) is 31.2 Å². The normalized spacial score (nSPS) is 24.6. The van der Waals surface area contributed by atoms with Crippen LogP contribution in [-0.4, -0.2) is 65.4 Å². The van der Waals surface area contributed by atoms with Crippen LogP contribution in [0.5, 0.6) is 0 Å². The molecule has 0 bridgehead atoms. The van der Waals surface area contributed by atoms with E-state index in [0.717, 1.165) is 58.4 Å². The van der Waals surface area contributed by atoms with Crippen molar-refractivity contribution >= 4 is 11.8 Å². The van der Waals surface area contributed by atoms with Crippen molar-refractivity contribution < 1.29 is 9.59 Å². The van der Waals surface area contributed by atoms with E-state index in [1.807, 2.05) is 34.1 Å². The summed E-state index contributed by atoms with van der Waals surface area (Å²) in [5.41, 5.74) is 1.40. The molecule has 0 aromatic carbocycles. The number of rotatable bonds is 4. The van der Waals surface area contributed by atoms with Crippen LogP contribution in [-0.2, 0) is 16.0 Å². The zero-order valence-electron chi connectivity index (χ0n) is 15.8. The van der Waals surface area contributed by atoms with Gasteiger partial charge >= 0.3 is 0 Å². The van der Waals surface area contributed by atoms with Gasteiger partial charge in [0, 0.05) is 51.5 Å². The van der Waals surface area contributed by atoms with E-state index in [1.165, 1.54) is 5.56 Å². The molecule has 2 amide bonds. The summed E-state index contributed by atoms with van der Waals surface area (Å²) in [6.45, 7) is 3.99. The third-order valence-electron chi connectivity index (χ3n) is 6.35. The van der Waals surface area contributed by atoms with Gasteiger partial charge in [0.2, 0.25) is 11.8 Å². The van der Waals surface area contributed by atoms with Gasteiger partial charge in [-0.3, -0.25) is 19.9 Å². The number of hydrogen-bond donors (Lipinski definition) is 1.